The van der Waals surface area contributed by atoms with Crippen LogP contribution < -0.4 is 0 Å². The second kappa shape index (κ2) is 5.09. The lowest BCUT2D eigenvalue weighted by Gasteiger charge is -2.06. The Balaban J connectivity index is 2.15. The third kappa shape index (κ3) is 2.90. The quantitative estimate of drug-likeness (QED) is 0.825. The summed E-state index contributed by atoms with van der Waals surface area (Å²) in [5.41, 5.74) is 0.970. The van der Waals surface area contributed by atoms with Gasteiger partial charge >= 0.3 is 10.1 Å². The van der Waals surface area contributed by atoms with Crippen LogP contribution in [0.1, 0.15) is 5.56 Å². The normalized spacial score (nSPS) is 19.7. The highest BCUT2D eigenvalue weighted by Crippen LogP contribution is 2.20. The zero-order chi connectivity index (χ0) is 13.2. The topological polar surface area (TPSA) is 72.8 Å². The van der Waals surface area contributed by atoms with Crippen LogP contribution in [0.15, 0.2) is 41.0 Å². The van der Waals surface area contributed by atoms with Gasteiger partial charge < -0.3 is 14.0 Å². The fourth-order valence-electron chi connectivity index (χ4n) is 1.54. The predicted octanol–water partition coefficient (Wildman–Crippen LogP) is 0.975. The number of aryl methyl sites for hydroxylation is 1. The Morgan fingerprint density at radius 1 is 1.39 bits per heavy atom. The Bertz CT molecular complexity index is 544. The first kappa shape index (κ1) is 13.1. The van der Waals surface area contributed by atoms with Crippen molar-refractivity contribution in [2.75, 3.05) is 13.2 Å². The second-order valence-corrected chi connectivity index (χ2v) is 5.56. The Labute approximate surface area is 106 Å². The van der Waals surface area contributed by atoms with Gasteiger partial charge in [0.15, 0.2) is 0 Å². The van der Waals surface area contributed by atoms with E-state index in [0.29, 0.717) is 0 Å². The van der Waals surface area contributed by atoms with E-state index in [-0.39, 0.29) is 23.9 Å². The Kier molecular flexibility index (Phi) is 3.70. The molecule has 1 heterocycles. The fourth-order valence-corrected chi connectivity index (χ4v) is 2.50. The van der Waals surface area contributed by atoms with E-state index in [0.717, 1.165) is 5.56 Å². The summed E-state index contributed by atoms with van der Waals surface area (Å²) in [6, 6.07) is 6.38. The van der Waals surface area contributed by atoms with Crippen molar-refractivity contribution in [3.63, 3.8) is 0 Å². The Morgan fingerprint density at radius 2 is 2.06 bits per heavy atom. The van der Waals surface area contributed by atoms with Gasteiger partial charge in [-0.25, -0.2) is 0 Å². The van der Waals surface area contributed by atoms with Crippen molar-refractivity contribution in [2.24, 2.45) is 0 Å². The van der Waals surface area contributed by atoms with E-state index in [1.807, 2.05) is 6.92 Å². The molecule has 18 heavy (non-hydrogen) atoms. The molecule has 1 N–H and O–H groups in total. The van der Waals surface area contributed by atoms with E-state index in [4.69, 9.17) is 14.0 Å². The SMILES string of the molecule is Cc1ccc(S(=O)(=O)OC2=CC(CO)OC2)cc1. The smallest absolute Gasteiger partial charge is 0.338 e. The minimum absolute atomic E-state index is 0.0519. The maximum atomic E-state index is 11.9. The first-order chi connectivity index (χ1) is 8.51. The van der Waals surface area contributed by atoms with E-state index >= 15 is 0 Å². The summed E-state index contributed by atoms with van der Waals surface area (Å²) in [7, 11) is -3.82. The van der Waals surface area contributed by atoms with Crippen LogP contribution in [0.4, 0.5) is 0 Å². The third-order valence-electron chi connectivity index (χ3n) is 2.52. The van der Waals surface area contributed by atoms with Gasteiger partial charge in [0.05, 0.1) is 6.61 Å². The molecule has 1 atom stereocenters. The lowest BCUT2D eigenvalue weighted by Crippen LogP contribution is -2.09. The van der Waals surface area contributed by atoms with Gasteiger partial charge in [-0.2, -0.15) is 8.42 Å². The zero-order valence-electron chi connectivity index (χ0n) is 9.87. The van der Waals surface area contributed by atoms with Crippen LogP contribution >= 0.6 is 0 Å². The van der Waals surface area contributed by atoms with Crippen LogP contribution in [0.25, 0.3) is 0 Å². The molecule has 0 saturated heterocycles. The molecule has 0 spiro atoms. The molecule has 5 nitrogen and oxygen atoms in total. The van der Waals surface area contributed by atoms with Crippen molar-refractivity contribution in [2.45, 2.75) is 17.9 Å². The maximum Gasteiger partial charge on any atom is 0.338 e. The van der Waals surface area contributed by atoms with E-state index in [1.165, 1.54) is 18.2 Å². The van der Waals surface area contributed by atoms with Gasteiger partial charge in [0, 0.05) is 0 Å². The van der Waals surface area contributed by atoms with Gasteiger partial charge in [0.25, 0.3) is 0 Å². The first-order valence-corrected chi connectivity index (χ1v) is 6.86. The highest BCUT2D eigenvalue weighted by Gasteiger charge is 2.23. The molecule has 0 radical (unpaired) electrons. The molecule has 98 valence electrons. The van der Waals surface area contributed by atoms with E-state index in [9.17, 15) is 8.42 Å². The van der Waals surface area contributed by atoms with E-state index in [1.54, 1.807) is 12.1 Å². The molecule has 1 aromatic carbocycles. The molecule has 0 amide bonds. The number of hydrogen-bond donors (Lipinski definition) is 1. The number of ether oxygens (including phenoxy) is 1. The largest absolute Gasteiger partial charge is 0.393 e. The summed E-state index contributed by atoms with van der Waals surface area (Å²) < 4.78 is 33.9. The Hall–Kier alpha value is -1.37. The van der Waals surface area contributed by atoms with Crippen LogP contribution in [0, 0.1) is 6.92 Å². The minimum Gasteiger partial charge on any atom is -0.393 e. The van der Waals surface area contributed by atoms with Crippen molar-refractivity contribution >= 4 is 10.1 Å². The molecule has 0 bridgehead atoms. The average Bonchev–Trinajstić information content (AvgIpc) is 2.76. The summed E-state index contributed by atoms with van der Waals surface area (Å²) in [6.07, 6.45) is 0.972. The maximum absolute atomic E-state index is 11.9. The van der Waals surface area contributed by atoms with Gasteiger partial charge in [0.1, 0.15) is 23.4 Å². The van der Waals surface area contributed by atoms with E-state index in [2.05, 4.69) is 0 Å². The van der Waals surface area contributed by atoms with Crippen LogP contribution in [-0.4, -0.2) is 32.8 Å². The van der Waals surface area contributed by atoms with Crippen LogP contribution in [0.2, 0.25) is 0 Å². The van der Waals surface area contributed by atoms with Crippen molar-refractivity contribution in [1.82, 2.24) is 0 Å². The average molecular weight is 270 g/mol. The fraction of sp³-hybridized carbons (Fsp3) is 0.333. The van der Waals surface area contributed by atoms with Crippen molar-refractivity contribution < 1.29 is 22.4 Å². The van der Waals surface area contributed by atoms with Crippen molar-refractivity contribution in [1.29, 1.82) is 0 Å². The number of benzene rings is 1. The van der Waals surface area contributed by atoms with Crippen molar-refractivity contribution in [3.8, 4) is 0 Å². The molecule has 0 aromatic heterocycles. The second-order valence-electron chi connectivity index (χ2n) is 4.02. The molecule has 1 unspecified atom stereocenters. The van der Waals surface area contributed by atoms with Crippen LogP contribution in [0.5, 0.6) is 0 Å². The summed E-state index contributed by atoms with van der Waals surface area (Å²) in [6.45, 7) is 1.73. The Morgan fingerprint density at radius 3 is 2.61 bits per heavy atom. The predicted molar refractivity (Wildman–Crippen MR) is 64.4 cm³/mol. The molecule has 1 aliphatic rings. The van der Waals surface area contributed by atoms with Crippen LogP contribution in [0.3, 0.4) is 0 Å². The van der Waals surface area contributed by atoms with Crippen LogP contribution in [-0.2, 0) is 19.0 Å². The van der Waals surface area contributed by atoms with Gasteiger partial charge in [-0.3, -0.25) is 0 Å². The molecule has 6 heteroatoms. The molecular weight excluding hydrogens is 256 g/mol. The highest BCUT2D eigenvalue weighted by molar-refractivity contribution is 7.86. The van der Waals surface area contributed by atoms with Crippen molar-refractivity contribution in [3.05, 3.63) is 41.7 Å². The molecule has 0 aliphatic carbocycles. The number of rotatable bonds is 4. The van der Waals surface area contributed by atoms with Gasteiger partial charge in [-0.1, -0.05) is 17.7 Å². The number of hydrogen-bond acceptors (Lipinski definition) is 5. The molecule has 2 rings (SSSR count). The molecule has 1 aliphatic heterocycles. The number of aliphatic hydroxyl groups excluding tert-OH is 1. The monoisotopic (exact) mass is 270 g/mol. The summed E-state index contributed by atoms with van der Waals surface area (Å²) in [5, 5.41) is 8.86. The van der Waals surface area contributed by atoms with Gasteiger partial charge in [-0.15, -0.1) is 0 Å². The lowest BCUT2D eigenvalue weighted by molar-refractivity contribution is 0.0678. The third-order valence-corrected chi connectivity index (χ3v) is 3.80. The summed E-state index contributed by atoms with van der Waals surface area (Å²) in [4.78, 5) is 0.0986. The molecular formula is C12H14O5S. The van der Waals surface area contributed by atoms with Gasteiger partial charge in [-0.05, 0) is 25.1 Å². The molecule has 0 saturated carbocycles. The van der Waals surface area contributed by atoms with Gasteiger partial charge in [0.2, 0.25) is 0 Å². The van der Waals surface area contributed by atoms with E-state index < -0.39 is 16.2 Å². The first-order valence-electron chi connectivity index (χ1n) is 5.45. The summed E-state index contributed by atoms with van der Waals surface area (Å²) >= 11 is 0. The summed E-state index contributed by atoms with van der Waals surface area (Å²) in [5.74, 6) is 0.203. The highest BCUT2D eigenvalue weighted by atomic mass is 32.2. The molecule has 1 aromatic rings. The minimum atomic E-state index is -3.82. The standard InChI is InChI=1S/C12H14O5S/c1-9-2-4-12(5-3-9)18(14,15)17-11-6-10(7-13)16-8-11/h2-6,10,13H,7-8H2,1H3. The zero-order valence-corrected chi connectivity index (χ0v) is 10.7. The lowest BCUT2D eigenvalue weighted by atomic mass is 10.2. The molecule has 0 fully saturated rings. The number of aliphatic hydroxyl groups is 1.